The molecule has 1 aliphatic carbocycles. The van der Waals surface area contributed by atoms with E-state index in [1.165, 1.54) is 32.1 Å². The van der Waals surface area contributed by atoms with Gasteiger partial charge in [-0.1, -0.05) is 19.3 Å². The number of rotatable bonds is 3. The maximum Gasteiger partial charge on any atom is 0.410 e. The van der Waals surface area contributed by atoms with E-state index in [0.29, 0.717) is 25.7 Å². The standard InChI is InChI=1S/C17H31NO4/c1-17(2,3)22-16(19)18-10-11-21-12-14(18)15(20-4)13-8-6-5-7-9-13/h13-15H,5-12H2,1-4H3/t14-,15?/m0/s1. The zero-order valence-electron chi connectivity index (χ0n) is 14.5. The van der Waals surface area contributed by atoms with E-state index in [9.17, 15) is 4.79 Å². The van der Waals surface area contributed by atoms with Crippen LogP contribution in [0.15, 0.2) is 0 Å². The van der Waals surface area contributed by atoms with Gasteiger partial charge in [0.2, 0.25) is 0 Å². The quantitative estimate of drug-likeness (QED) is 0.802. The van der Waals surface area contributed by atoms with Crippen molar-refractivity contribution in [2.75, 3.05) is 26.9 Å². The van der Waals surface area contributed by atoms with Crippen molar-refractivity contribution < 1.29 is 19.0 Å². The highest BCUT2D eigenvalue weighted by atomic mass is 16.6. The molecule has 0 aromatic heterocycles. The van der Waals surface area contributed by atoms with Crippen molar-refractivity contribution in [2.24, 2.45) is 5.92 Å². The molecule has 22 heavy (non-hydrogen) atoms. The summed E-state index contributed by atoms with van der Waals surface area (Å²) in [6.45, 7) is 7.37. The van der Waals surface area contributed by atoms with Crippen molar-refractivity contribution in [3.63, 3.8) is 0 Å². The Kier molecular flexibility index (Phi) is 6.09. The second kappa shape index (κ2) is 7.64. The zero-order valence-corrected chi connectivity index (χ0v) is 14.5. The van der Waals surface area contributed by atoms with Crippen LogP contribution in [0.1, 0.15) is 52.9 Å². The van der Waals surface area contributed by atoms with Crippen LogP contribution in [0, 0.1) is 5.92 Å². The first-order valence-corrected chi connectivity index (χ1v) is 8.52. The minimum Gasteiger partial charge on any atom is -0.444 e. The SMILES string of the molecule is COC(C1CCCCC1)[C@@H]1COCCN1C(=O)OC(C)(C)C. The lowest BCUT2D eigenvalue weighted by Gasteiger charge is -2.43. The molecule has 0 bridgehead atoms. The molecule has 0 N–H and O–H groups in total. The van der Waals surface area contributed by atoms with Crippen LogP contribution in [0.5, 0.6) is 0 Å². The normalized spacial score (nSPS) is 25.8. The molecule has 0 aromatic rings. The van der Waals surface area contributed by atoms with Crippen molar-refractivity contribution in [2.45, 2.75) is 70.6 Å². The van der Waals surface area contributed by atoms with E-state index < -0.39 is 5.60 Å². The van der Waals surface area contributed by atoms with Gasteiger partial charge in [0.1, 0.15) is 5.60 Å². The van der Waals surface area contributed by atoms with Crippen LogP contribution >= 0.6 is 0 Å². The van der Waals surface area contributed by atoms with Crippen LogP contribution in [0.2, 0.25) is 0 Å². The van der Waals surface area contributed by atoms with Gasteiger partial charge in [-0.3, -0.25) is 4.90 Å². The Hall–Kier alpha value is -0.810. The predicted molar refractivity (Wildman–Crippen MR) is 84.9 cm³/mol. The van der Waals surface area contributed by atoms with Crippen molar-refractivity contribution in [3.05, 3.63) is 0 Å². The fraction of sp³-hybridized carbons (Fsp3) is 0.941. The first-order chi connectivity index (χ1) is 10.4. The molecule has 0 spiro atoms. The number of amides is 1. The van der Waals surface area contributed by atoms with Gasteiger partial charge >= 0.3 is 6.09 Å². The number of nitrogens with zero attached hydrogens (tertiary/aromatic N) is 1. The number of morpholine rings is 1. The molecule has 1 saturated carbocycles. The molecule has 5 heteroatoms. The van der Waals surface area contributed by atoms with Gasteiger partial charge in [0.15, 0.2) is 0 Å². The Morgan fingerprint density at radius 3 is 2.50 bits per heavy atom. The number of ether oxygens (including phenoxy) is 3. The van der Waals surface area contributed by atoms with Crippen molar-refractivity contribution >= 4 is 6.09 Å². The zero-order chi connectivity index (χ0) is 16.2. The lowest BCUT2D eigenvalue weighted by atomic mass is 9.82. The highest BCUT2D eigenvalue weighted by Gasteiger charge is 2.39. The molecule has 1 heterocycles. The Balaban J connectivity index is 2.08. The molecule has 2 fully saturated rings. The van der Waals surface area contributed by atoms with Crippen molar-refractivity contribution in [1.29, 1.82) is 0 Å². The molecule has 2 rings (SSSR count). The first-order valence-electron chi connectivity index (χ1n) is 8.52. The molecule has 1 aliphatic heterocycles. The Morgan fingerprint density at radius 1 is 1.23 bits per heavy atom. The second-order valence-electron chi connectivity index (χ2n) is 7.41. The van der Waals surface area contributed by atoms with Gasteiger partial charge in [-0.2, -0.15) is 0 Å². The van der Waals surface area contributed by atoms with E-state index in [2.05, 4.69) is 0 Å². The summed E-state index contributed by atoms with van der Waals surface area (Å²) in [7, 11) is 1.75. The molecule has 128 valence electrons. The number of hydrogen-bond donors (Lipinski definition) is 0. The lowest BCUT2D eigenvalue weighted by molar-refractivity contribution is -0.0948. The summed E-state index contributed by atoms with van der Waals surface area (Å²) in [6, 6.07) is -0.0447. The van der Waals surface area contributed by atoms with Gasteiger partial charge in [0.05, 0.1) is 25.4 Å². The number of carbonyl (C=O) groups excluding carboxylic acids is 1. The smallest absolute Gasteiger partial charge is 0.410 e. The summed E-state index contributed by atoms with van der Waals surface area (Å²) in [4.78, 5) is 14.3. The topological polar surface area (TPSA) is 48.0 Å². The molecule has 1 saturated heterocycles. The van der Waals surface area contributed by atoms with E-state index in [-0.39, 0.29) is 18.2 Å². The minimum atomic E-state index is -0.479. The van der Waals surface area contributed by atoms with Crippen LogP contribution in [0.4, 0.5) is 4.79 Å². The average molecular weight is 313 g/mol. The molecular weight excluding hydrogens is 282 g/mol. The third-order valence-electron chi connectivity index (χ3n) is 4.56. The van der Waals surface area contributed by atoms with Crippen LogP contribution in [-0.4, -0.2) is 55.6 Å². The van der Waals surface area contributed by atoms with Gasteiger partial charge < -0.3 is 14.2 Å². The molecule has 1 unspecified atom stereocenters. The largest absolute Gasteiger partial charge is 0.444 e. The summed E-state index contributed by atoms with van der Waals surface area (Å²) >= 11 is 0. The molecule has 2 aliphatic rings. The number of methoxy groups -OCH3 is 1. The van der Waals surface area contributed by atoms with E-state index >= 15 is 0 Å². The Labute approximate surface area is 134 Å². The van der Waals surface area contributed by atoms with Crippen molar-refractivity contribution in [3.8, 4) is 0 Å². The monoisotopic (exact) mass is 313 g/mol. The van der Waals surface area contributed by atoms with Gasteiger partial charge in [0.25, 0.3) is 0 Å². The van der Waals surface area contributed by atoms with Gasteiger partial charge in [-0.25, -0.2) is 4.79 Å². The Morgan fingerprint density at radius 2 is 1.91 bits per heavy atom. The first kappa shape index (κ1) is 17.5. The van der Waals surface area contributed by atoms with Gasteiger partial charge in [-0.15, -0.1) is 0 Å². The van der Waals surface area contributed by atoms with Crippen molar-refractivity contribution in [1.82, 2.24) is 4.90 Å². The highest BCUT2D eigenvalue weighted by molar-refractivity contribution is 5.68. The Bertz CT molecular complexity index is 360. The highest BCUT2D eigenvalue weighted by Crippen LogP contribution is 2.32. The van der Waals surface area contributed by atoms with Gasteiger partial charge in [0, 0.05) is 13.7 Å². The van der Waals surface area contributed by atoms with Crippen LogP contribution in [-0.2, 0) is 14.2 Å². The lowest BCUT2D eigenvalue weighted by Crippen LogP contribution is -2.57. The van der Waals surface area contributed by atoms with Crippen LogP contribution in [0.3, 0.4) is 0 Å². The third kappa shape index (κ3) is 4.59. The number of hydrogen-bond acceptors (Lipinski definition) is 4. The predicted octanol–water partition coefficient (Wildman–Crippen LogP) is 3.22. The summed E-state index contributed by atoms with van der Waals surface area (Å²) in [5, 5.41) is 0. The maximum absolute atomic E-state index is 12.5. The van der Waals surface area contributed by atoms with E-state index in [1.807, 2.05) is 25.7 Å². The maximum atomic E-state index is 12.5. The summed E-state index contributed by atoms with van der Waals surface area (Å²) < 4.78 is 17.0. The molecule has 1 amide bonds. The average Bonchev–Trinajstić information content (AvgIpc) is 2.48. The molecule has 0 aromatic carbocycles. The fourth-order valence-corrected chi connectivity index (χ4v) is 3.57. The van der Waals surface area contributed by atoms with E-state index in [0.717, 1.165) is 0 Å². The third-order valence-corrected chi connectivity index (χ3v) is 4.56. The summed E-state index contributed by atoms with van der Waals surface area (Å²) in [5.74, 6) is 0.510. The summed E-state index contributed by atoms with van der Waals surface area (Å²) in [5.41, 5.74) is -0.479. The number of carbonyl (C=O) groups is 1. The van der Waals surface area contributed by atoms with E-state index in [4.69, 9.17) is 14.2 Å². The summed E-state index contributed by atoms with van der Waals surface area (Å²) in [6.07, 6.45) is 5.96. The second-order valence-corrected chi connectivity index (χ2v) is 7.41. The minimum absolute atomic E-state index is 0.0353. The molecular formula is C17H31NO4. The van der Waals surface area contributed by atoms with E-state index in [1.54, 1.807) is 7.11 Å². The molecule has 0 radical (unpaired) electrons. The van der Waals surface area contributed by atoms with Crippen LogP contribution < -0.4 is 0 Å². The fourth-order valence-electron chi connectivity index (χ4n) is 3.57. The van der Waals surface area contributed by atoms with Gasteiger partial charge in [-0.05, 0) is 39.5 Å². The van der Waals surface area contributed by atoms with Crippen LogP contribution in [0.25, 0.3) is 0 Å². The molecule has 5 nitrogen and oxygen atoms in total. The molecule has 2 atom stereocenters.